The van der Waals surface area contributed by atoms with E-state index in [0.29, 0.717) is 30.8 Å². The van der Waals surface area contributed by atoms with Gasteiger partial charge in [-0.05, 0) is 18.8 Å². The summed E-state index contributed by atoms with van der Waals surface area (Å²) in [7, 11) is -1.79. The first-order valence-corrected chi connectivity index (χ1v) is 8.60. The van der Waals surface area contributed by atoms with E-state index >= 15 is 0 Å². The lowest BCUT2D eigenvalue weighted by Gasteiger charge is -2.32. The van der Waals surface area contributed by atoms with Gasteiger partial charge in [-0.1, -0.05) is 5.16 Å². The van der Waals surface area contributed by atoms with Crippen LogP contribution in [0.15, 0.2) is 4.52 Å². The highest BCUT2D eigenvalue weighted by Gasteiger charge is 2.39. The first-order valence-electron chi connectivity index (χ1n) is 6.99. The Kier molecular flexibility index (Phi) is 4.25. The molecule has 2 fully saturated rings. The van der Waals surface area contributed by atoms with Crippen molar-refractivity contribution in [2.45, 2.75) is 25.5 Å². The van der Waals surface area contributed by atoms with E-state index in [1.807, 2.05) is 0 Å². The Morgan fingerprint density at radius 2 is 2.24 bits per heavy atom. The minimum absolute atomic E-state index is 0.201. The molecule has 1 unspecified atom stereocenters. The van der Waals surface area contributed by atoms with Gasteiger partial charge in [0.2, 0.25) is 10.0 Å². The van der Waals surface area contributed by atoms with Crippen molar-refractivity contribution in [1.82, 2.24) is 14.4 Å². The lowest BCUT2D eigenvalue weighted by Crippen LogP contribution is -2.45. The molecule has 2 heterocycles. The molecule has 2 aliphatic rings. The van der Waals surface area contributed by atoms with Crippen molar-refractivity contribution in [2.75, 3.05) is 32.6 Å². The Morgan fingerprint density at radius 3 is 2.95 bits per heavy atom. The summed E-state index contributed by atoms with van der Waals surface area (Å²) in [5.74, 6) is 1.17. The van der Waals surface area contributed by atoms with E-state index in [9.17, 15) is 8.42 Å². The molecule has 8 nitrogen and oxygen atoms in total. The average molecular weight is 317 g/mol. The van der Waals surface area contributed by atoms with Gasteiger partial charge in [0, 0.05) is 13.7 Å². The zero-order chi connectivity index (χ0) is 14.9. The highest BCUT2D eigenvalue weighted by atomic mass is 32.2. The smallest absolute Gasteiger partial charge is 0.252 e. The molecule has 0 aromatic carbocycles. The van der Waals surface area contributed by atoms with Gasteiger partial charge in [0.05, 0.1) is 19.0 Å². The average Bonchev–Trinajstić information content (AvgIpc) is 3.14. The van der Waals surface area contributed by atoms with Gasteiger partial charge in [-0.3, -0.25) is 0 Å². The van der Waals surface area contributed by atoms with Crippen molar-refractivity contribution in [3.63, 3.8) is 0 Å². The van der Waals surface area contributed by atoms with Gasteiger partial charge in [0.25, 0.3) is 5.89 Å². The quantitative estimate of drug-likeness (QED) is 0.746. The van der Waals surface area contributed by atoms with Crippen molar-refractivity contribution in [3.05, 3.63) is 11.7 Å². The van der Waals surface area contributed by atoms with E-state index in [2.05, 4.69) is 10.1 Å². The normalized spacial score (nSPS) is 24.3. The molecule has 0 bridgehead atoms. The zero-order valence-corrected chi connectivity index (χ0v) is 12.7. The minimum atomic E-state index is -3.32. The van der Waals surface area contributed by atoms with Crippen LogP contribution in [0.25, 0.3) is 0 Å². The third kappa shape index (κ3) is 3.42. The topological polar surface area (TPSA) is 94.8 Å². The molecule has 1 aromatic rings. The molecule has 3 rings (SSSR count). The van der Waals surface area contributed by atoms with Crippen molar-refractivity contribution < 1.29 is 22.4 Å². The van der Waals surface area contributed by atoms with Crippen LogP contribution in [0, 0.1) is 5.92 Å². The summed E-state index contributed by atoms with van der Waals surface area (Å²) >= 11 is 0. The number of aromatic nitrogens is 2. The first-order chi connectivity index (χ1) is 10.1. The summed E-state index contributed by atoms with van der Waals surface area (Å²) in [6.45, 7) is 1.17. The summed E-state index contributed by atoms with van der Waals surface area (Å²) in [5.41, 5.74) is 0. The summed E-state index contributed by atoms with van der Waals surface area (Å²) in [6, 6.07) is -0.517. The van der Waals surface area contributed by atoms with E-state index < -0.39 is 16.1 Å². The van der Waals surface area contributed by atoms with Crippen LogP contribution in [0.5, 0.6) is 0 Å². The van der Waals surface area contributed by atoms with E-state index in [0.717, 1.165) is 12.8 Å². The zero-order valence-electron chi connectivity index (χ0n) is 11.9. The molecule has 118 valence electrons. The van der Waals surface area contributed by atoms with Crippen LogP contribution < -0.4 is 0 Å². The standard InChI is InChI=1S/C12H19N3O5S/c1-18-7-11-13-12(14-20-11)10-6-19-5-4-15(10)21(16,17)8-9-2-3-9/h9-10H,2-8H2,1H3. The number of sulfonamides is 1. The second-order valence-corrected chi connectivity index (χ2v) is 7.37. The predicted octanol–water partition coefficient (Wildman–Crippen LogP) is 0.329. The molecule has 1 aliphatic heterocycles. The van der Waals surface area contributed by atoms with Crippen LogP contribution in [-0.2, 0) is 26.1 Å². The maximum absolute atomic E-state index is 12.5. The van der Waals surface area contributed by atoms with Gasteiger partial charge in [-0.2, -0.15) is 9.29 Å². The van der Waals surface area contributed by atoms with E-state index in [1.165, 1.54) is 11.4 Å². The summed E-state index contributed by atoms with van der Waals surface area (Å²) in [4.78, 5) is 4.19. The lowest BCUT2D eigenvalue weighted by atomic mass is 10.2. The molecule has 1 saturated heterocycles. The molecule has 21 heavy (non-hydrogen) atoms. The fourth-order valence-electron chi connectivity index (χ4n) is 2.39. The molecular weight excluding hydrogens is 298 g/mol. The van der Waals surface area contributed by atoms with Crippen molar-refractivity contribution >= 4 is 10.0 Å². The van der Waals surface area contributed by atoms with E-state index in [-0.39, 0.29) is 19.0 Å². The Morgan fingerprint density at radius 1 is 1.43 bits per heavy atom. The highest BCUT2D eigenvalue weighted by Crippen LogP contribution is 2.33. The number of hydrogen-bond donors (Lipinski definition) is 0. The maximum atomic E-state index is 12.5. The number of rotatable bonds is 6. The molecule has 0 amide bonds. The van der Waals surface area contributed by atoms with Gasteiger partial charge < -0.3 is 14.0 Å². The Bertz CT molecular complexity index is 583. The monoisotopic (exact) mass is 317 g/mol. The molecular formula is C12H19N3O5S. The number of morpholine rings is 1. The molecule has 1 aliphatic carbocycles. The Labute approximate surface area is 123 Å². The Balaban J connectivity index is 1.79. The summed E-state index contributed by atoms with van der Waals surface area (Å²) < 4.78 is 41.8. The van der Waals surface area contributed by atoms with Crippen LogP contribution in [0.4, 0.5) is 0 Å². The van der Waals surface area contributed by atoms with Crippen LogP contribution in [0.1, 0.15) is 30.6 Å². The Hall–Kier alpha value is -1.03. The van der Waals surface area contributed by atoms with Crippen LogP contribution >= 0.6 is 0 Å². The van der Waals surface area contributed by atoms with Crippen molar-refractivity contribution in [2.24, 2.45) is 5.92 Å². The molecule has 9 heteroatoms. The fourth-order valence-corrected chi connectivity index (χ4v) is 4.40. The van der Waals surface area contributed by atoms with Gasteiger partial charge in [-0.25, -0.2) is 8.42 Å². The minimum Gasteiger partial charge on any atom is -0.378 e. The van der Waals surface area contributed by atoms with E-state index in [1.54, 1.807) is 0 Å². The van der Waals surface area contributed by atoms with Crippen LogP contribution in [-0.4, -0.2) is 55.5 Å². The molecule has 1 atom stereocenters. The third-order valence-corrected chi connectivity index (χ3v) is 5.67. The molecule has 0 radical (unpaired) electrons. The van der Waals surface area contributed by atoms with Gasteiger partial charge in [-0.15, -0.1) is 0 Å². The van der Waals surface area contributed by atoms with Gasteiger partial charge >= 0.3 is 0 Å². The third-order valence-electron chi connectivity index (χ3n) is 3.63. The highest BCUT2D eigenvalue weighted by molar-refractivity contribution is 7.89. The number of methoxy groups -OCH3 is 1. The second-order valence-electron chi connectivity index (χ2n) is 5.40. The number of nitrogens with zero attached hydrogens (tertiary/aromatic N) is 3. The molecule has 0 spiro atoms. The first kappa shape index (κ1) is 14.9. The largest absolute Gasteiger partial charge is 0.378 e. The number of hydrogen-bond acceptors (Lipinski definition) is 7. The van der Waals surface area contributed by atoms with Crippen molar-refractivity contribution in [3.8, 4) is 0 Å². The van der Waals surface area contributed by atoms with Gasteiger partial charge in [0.1, 0.15) is 12.6 Å². The summed E-state index contributed by atoms with van der Waals surface area (Å²) in [6.07, 6.45) is 1.99. The van der Waals surface area contributed by atoms with Crippen LogP contribution in [0.2, 0.25) is 0 Å². The molecule has 1 saturated carbocycles. The maximum Gasteiger partial charge on any atom is 0.252 e. The predicted molar refractivity (Wildman–Crippen MR) is 71.8 cm³/mol. The van der Waals surface area contributed by atoms with Crippen molar-refractivity contribution in [1.29, 1.82) is 0 Å². The summed E-state index contributed by atoms with van der Waals surface area (Å²) in [5, 5.41) is 3.86. The molecule has 0 N–H and O–H groups in total. The molecule has 1 aromatic heterocycles. The lowest BCUT2D eigenvalue weighted by molar-refractivity contribution is 0.0281. The van der Waals surface area contributed by atoms with Crippen LogP contribution in [0.3, 0.4) is 0 Å². The second kappa shape index (κ2) is 5.99. The number of ether oxygens (including phenoxy) is 2. The van der Waals surface area contributed by atoms with Gasteiger partial charge in [0.15, 0.2) is 5.82 Å². The SMILES string of the molecule is COCc1nc(C2COCCN2S(=O)(=O)CC2CC2)no1. The van der Waals surface area contributed by atoms with E-state index in [4.69, 9.17) is 14.0 Å². The fraction of sp³-hybridized carbons (Fsp3) is 0.833.